The molecule has 23 heavy (non-hydrogen) atoms. The molecule has 0 radical (unpaired) electrons. The zero-order valence-electron chi connectivity index (χ0n) is 12.7. The summed E-state index contributed by atoms with van der Waals surface area (Å²) in [5, 5.41) is 13.6. The molecule has 116 valence electrons. The van der Waals surface area contributed by atoms with E-state index in [1.165, 1.54) is 11.1 Å². The summed E-state index contributed by atoms with van der Waals surface area (Å²) in [4.78, 5) is 4.45. The molecule has 3 aromatic rings. The molecule has 0 amide bonds. The fourth-order valence-electron chi connectivity index (χ4n) is 3.54. The van der Waals surface area contributed by atoms with Gasteiger partial charge in [-0.25, -0.2) is 4.98 Å². The van der Waals surface area contributed by atoms with Gasteiger partial charge in [-0.05, 0) is 11.1 Å². The first-order chi connectivity index (χ1) is 11.4. The maximum absolute atomic E-state index is 10.1. The van der Waals surface area contributed by atoms with E-state index in [2.05, 4.69) is 39.1 Å². The number of anilines is 1. The van der Waals surface area contributed by atoms with Crippen molar-refractivity contribution in [3.05, 3.63) is 84.2 Å². The summed E-state index contributed by atoms with van der Waals surface area (Å²) in [6.07, 6.45) is 3.78. The second-order valence-electron chi connectivity index (χ2n) is 5.89. The van der Waals surface area contributed by atoms with Crippen LogP contribution in [0, 0.1) is 5.92 Å². The maximum Gasteiger partial charge on any atom is 0.203 e. The van der Waals surface area contributed by atoms with Crippen LogP contribution in [0.3, 0.4) is 0 Å². The first-order valence-corrected chi connectivity index (χ1v) is 7.88. The van der Waals surface area contributed by atoms with Crippen molar-refractivity contribution in [1.82, 2.24) is 9.55 Å². The highest BCUT2D eigenvalue weighted by Gasteiger charge is 2.37. The van der Waals surface area contributed by atoms with Gasteiger partial charge in [0.25, 0.3) is 0 Å². The fourth-order valence-corrected chi connectivity index (χ4v) is 3.54. The van der Waals surface area contributed by atoms with Crippen LogP contribution in [0.1, 0.15) is 23.2 Å². The summed E-state index contributed by atoms with van der Waals surface area (Å²) < 4.78 is 2.12. The van der Waals surface area contributed by atoms with Crippen molar-refractivity contribution in [1.29, 1.82) is 0 Å². The van der Waals surface area contributed by atoms with Crippen LogP contribution in [0.2, 0.25) is 0 Å². The number of fused-ring (bicyclic) bond motifs is 1. The molecule has 2 heterocycles. The SMILES string of the molecule is OC[C@@H]1[C@@H](c2ccccc2)n2ccnc2N[C@H]1c1ccccc1. The number of rotatable bonds is 3. The van der Waals surface area contributed by atoms with E-state index in [0.29, 0.717) is 0 Å². The Bertz CT molecular complexity index is 770. The third kappa shape index (κ3) is 2.41. The molecule has 0 spiro atoms. The van der Waals surface area contributed by atoms with Crippen LogP contribution < -0.4 is 5.32 Å². The highest BCUT2D eigenvalue weighted by atomic mass is 16.3. The van der Waals surface area contributed by atoms with Crippen molar-refractivity contribution in [2.45, 2.75) is 12.1 Å². The number of imidazole rings is 1. The van der Waals surface area contributed by atoms with E-state index < -0.39 is 0 Å². The fraction of sp³-hybridized carbons (Fsp3) is 0.211. The van der Waals surface area contributed by atoms with Crippen LogP contribution in [-0.2, 0) is 0 Å². The largest absolute Gasteiger partial charge is 0.396 e. The van der Waals surface area contributed by atoms with E-state index in [9.17, 15) is 5.11 Å². The van der Waals surface area contributed by atoms with Crippen molar-refractivity contribution in [3.63, 3.8) is 0 Å². The minimum absolute atomic E-state index is 0.0290. The number of aliphatic hydroxyl groups is 1. The van der Waals surface area contributed by atoms with Crippen LogP contribution in [-0.4, -0.2) is 21.3 Å². The molecule has 0 aliphatic carbocycles. The molecule has 1 aromatic heterocycles. The molecule has 0 unspecified atom stereocenters. The summed E-state index contributed by atoms with van der Waals surface area (Å²) in [6.45, 7) is 0.101. The first-order valence-electron chi connectivity index (χ1n) is 7.88. The molecule has 4 rings (SSSR count). The highest BCUT2D eigenvalue weighted by Crippen LogP contribution is 2.42. The predicted octanol–water partition coefficient (Wildman–Crippen LogP) is 3.25. The molecular formula is C19H19N3O. The Morgan fingerprint density at radius 2 is 1.61 bits per heavy atom. The van der Waals surface area contributed by atoms with Crippen LogP contribution in [0.25, 0.3) is 0 Å². The molecule has 2 N–H and O–H groups in total. The van der Waals surface area contributed by atoms with Crippen LogP contribution in [0.4, 0.5) is 5.95 Å². The molecule has 4 heteroatoms. The average molecular weight is 305 g/mol. The normalized spacial score (nSPS) is 23.1. The lowest BCUT2D eigenvalue weighted by Crippen LogP contribution is -2.38. The Morgan fingerprint density at radius 1 is 0.957 bits per heavy atom. The van der Waals surface area contributed by atoms with Gasteiger partial charge in [-0.2, -0.15) is 0 Å². The van der Waals surface area contributed by atoms with Crippen LogP contribution in [0.5, 0.6) is 0 Å². The van der Waals surface area contributed by atoms with Crippen LogP contribution >= 0.6 is 0 Å². The summed E-state index contributed by atoms with van der Waals surface area (Å²) >= 11 is 0. The molecule has 0 saturated carbocycles. The predicted molar refractivity (Wildman–Crippen MR) is 90.2 cm³/mol. The number of nitrogens with one attached hydrogen (secondary N) is 1. The molecule has 1 aliphatic heterocycles. The van der Waals surface area contributed by atoms with Crippen LogP contribution in [0.15, 0.2) is 73.1 Å². The molecule has 0 fully saturated rings. The van der Waals surface area contributed by atoms with Gasteiger partial charge in [0.05, 0.1) is 18.7 Å². The highest BCUT2D eigenvalue weighted by molar-refractivity contribution is 5.41. The van der Waals surface area contributed by atoms with Gasteiger partial charge in [0, 0.05) is 18.3 Å². The van der Waals surface area contributed by atoms with Gasteiger partial charge in [-0.15, -0.1) is 0 Å². The van der Waals surface area contributed by atoms with E-state index >= 15 is 0 Å². The third-order valence-corrected chi connectivity index (χ3v) is 4.60. The second-order valence-corrected chi connectivity index (χ2v) is 5.89. The first kappa shape index (κ1) is 14.0. The van der Waals surface area contributed by atoms with Crippen molar-refractivity contribution < 1.29 is 5.11 Å². The topological polar surface area (TPSA) is 50.1 Å². The van der Waals surface area contributed by atoms with Crippen molar-refractivity contribution >= 4 is 5.95 Å². The Labute approximate surface area is 135 Å². The van der Waals surface area contributed by atoms with E-state index in [0.717, 1.165) is 5.95 Å². The van der Waals surface area contributed by atoms with Gasteiger partial charge in [0.15, 0.2) is 0 Å². The van der Waals surface area contributed by atoms with Gasteiger partial charge < -0.3 is 15.0 Å². The zero-order chi connectivity index (χ0) is 15.6. The lowest BCUT2D eigenvalue weighted by atomic mass is 9.82. The Kier molecular flexibility index (Phi) is 3.60. The minimum atomic E-state index is 0.0290. The molecule has 1 aliphatic rings. The number of hydrogen-bond acceptors (Lipinski definition) is 3. The number of hydrogen-bond donors (Lipinski definition) is 2. The summed E-state index contributed by atoms with van der Waals surface area (Å²) in [6, 6.07) is 20.7. The lowest BCUT2D eigenvalue weighted by Gasteiger charge is -2.40. The van der Waals surface area contributed by atoms with E-state index in [1.54, 1.807) is 6.20 Å². The van der Waals surface area contributed by atoms with Crippen molar-refractivity contribution in [2.24, 2.45) is 5.92 Å². The van der Waals surface area contributed by atoms with Gasteiger partial charge >= 0.3 is 0 Å². The summed E-state index contributed by atoms with van der Waals surface area (Å²) in [5.74, 6) is 0.874. The molecule has 0 bridgehead atoms. The Balaban J connectivity index is 1.83. The molecule has 0 saturated heterocycles. The number of nitrogens with zero attached hydrogens (tertiary/aromatic N) is 2. The number of aromatic nitrogens is 2. The van der Waals surface area contributed by atoms with Crippen molar-refractivity contribution in [2.75, 3.05) is 11.9 Å². The van der Waals surface area contributed by atoms with Gasteiger partial charge in [-0.1, -0.05) is 60.7 Å². The monoisotopic (exact) mass is 305 g/mol. The van der Waals surface area contributed by atoms with E-state index in [1.807, 2.05) is 42.6 Å². The third-order valence-electron chi connectivity index (χ3n) is 4.60. The molecule has 2 aromatic carbocycles. The van der Waals surface area contributed by atoms with E-state index in [4.69, 9.17) is 0 Å². The molecule has 3 atom stereocenters. The quantitative estimate of drug-likeness (QED) is 0.781. The minimum Gasteiger partial charge on any atom is -0.396 e. The van der Waals surface area contributed by atoms with Crippen molar-refractivity contribution in [3.8, 4) is 0 Å². The second kappa shape index (κ2) is 5.89. The molecular weight excluding hydrogens is 286 g/mol. The maximum atomic E-state index is 10.1. The van der Waals surface area contributed by atoms with Gasteiger partial charge in [0.1, 0.15) is 0 Å². The summed E-state index contributed by atoms with van der Waals surface area (Å²) in [7, 11) is 0. The zero-order valence-corrected chi connectivity index (χ0v) is 12.7. The number of aliphatic hydroxyl groups excluding tert-OH is 1. The Hall–Kier alpha value is -2.59. The van der Waals surface area contributed by atoms with Gasteiger partial charge in [0.2, 0.25) is 5.95 Å². The molecule has 4 nitrogen and oxygen atoms in total. The summed E-state index contributed by atoms with van der Waals surface area (Å²) in [5.41, 5.74) is 2.36. The average Bonchev–Trinajstić information content (AvgIpc) is 3.09. The van der Waals surface area contributed by atoms with Gasteiger partial charge in [-0.3, -0.25) is 0 Å². The standard InChI is InChI=1S/C19H19N3O/c23-13-16-17(14-7-3-1-4-8-14)21-19-20-11-12-22(19)18(16)15-9-5-2-6-10-15/h1-12,16-18,23H,13H2,(H,20,21)/t16-,17-,18+/m0/s1. The number of benzene rings is 2. The van der Waals surface area contributed by atoms with E-state index in [-0.39, 0.29) is 24.6 Å². The smallest absolute Gasteiger partial charge is 0.203 e. The Morgan fingerprint density at radius 3 is 2.26 bits per heavy atom. The lowest BCUT2D eigenvalue weighted by molar-refractivity contribution is 0.166.